The molecule has 2 aliphatic heterocycles. The fraction of sp³-hybridized carbons (Fsp3) is 0.500. The molecule has 41 heavy (non-hydrogen) atoms. The highest BCUT2D eigenvalue weighted by atomic mass is 28.4. The Labute approximate surface area is 237 Å². The van der Waals surface area contributed by atoms with Crippen LogP contribution >= 0.6 is 0 Å². The number of nitrogens with zero attached hydrogens (tertiary/aromatic N) is 7. The SMILES string of the molecule is CN(C)C=Nc1nc2c(nnn2[C@@]2(N3C(=O)c4ccccc4C3=O)C[C@H](O)[C@@H](CO[Si](C)(C)C(C)(C)C)O2)c(=O)[nH]1. The van der Waals surface area contributed by atoms with Gasteiger partial charge in [0.1, 0.15) is 6.10 Å². The number of hydrogen-bond donors (Lipinski definition) is 2. The predicted molar refractivity (Wildman–Crippen MR) is 151 cm³/mol. The number of amides is 2. The van der Waals surface area contributed by atoms with E-state index in [1.54, 1.807) is 43.3 Å². The number of fused-ring (bicyclic) bond motifs is 2. The van der Waals surface area contributed by atoms with E-state index in [9.17, 15) is 19.5 Å². The minimum absolute atomic E-state index is 0.0155. The molecule has 0 saturated carbocycles. The first-order valence-corrected chi connectivity index (χ1v) is 16.1. The molecule has 5 rings (SSSR count). The first kappa shape index (κ1) is 28.7. The van der Waals surface area contributed by atoms with Gasteiger partial charge < -0.3 is 19.2 Å². The van der Waals surface area contributed by atoms with E-state index in [2.05, 4.69) is 59.1 Å². The number of H-pyrrole nitrogens is 1. The third-order valence-electron chi connectivity index (χ3n) is 7.84. The lowest BCUT2D eigenvalue weighted by Gasteiger charge is -2.38. The number of aliphatic hydroxyl groups excluding tert-OH is 1. The van der Waals surface area contributed by atoms with Crippen LogP contribution in [0.5, 0.6) is 0 Å². The summed E-state index contributed by atoms with van der Waals surface area (Å²) in [6.07, 6.45) is -0.896. The maximum atomic E-state index is 13.7. The van der Waals surface area contributed by atoms with Crippen LogP contribution in [0.4, 0.5) is 5.95 Å². The van der Waals surface area contributed by atoms with E-state index >= 15 is 0 Å². The number of imide groups is 1. The second kappa shape index (κ2) is 9.94. The van der Waals surface area contributed by atoms with Gasteiger partial charge in [-0.05, 0) is 30.3 Å². The van der Waals surface area contributed by atoms with Crippen molar-refractivity contribution in [2.75, 3.05) is 20.7 Å². The van der Waals surface area contributed by atoms with Gasteiger partial charge in [-0.1, -0.05) is 38.1 Å². The molecule has 218 valence electrons. The van der Waals surface area contributed by atoms with Crippen molar-refractivity contribution in [1.82, 2.24) is 34.8 Å². The molecule has 1 aromatic carbocycles. The van der Waals surface area contributed by atoms with Crippen molar-refractivity contribution >= 4 is 43.6 Å². The van der Waals surface area contributed by atoms with Crippen LogP contribution in [0.15, 0.2) is 34.1 Å². The quantitative estimate of drug-likeness (QED) is 0.181. The van der Waals surface area contributed by atoms with Crippen LogP contribution in [0.25, 0.3) is 11.2 Å². The Morgan fingerprint density at radius 2 is 1.85 bits per heavy atom. The third-order valence-corrected chi connectivity index (χ3v) is 12.3. The molecule has 14 nitrogen and oxygen atoms in total. The minimum atomic E-state index is -2.25. The third kappa shape index (κ3) is 4.77. The number of aliphatic hydroxyl groups is 1. The molecule has 3 aromatic rings. The van der Waals surface area contributed by atoms with Gasteiger partial charge in [-0.25, -0.2) is 9.89 Å². The highest BCUT2D eigenvalue weighted by Crippen LogP contribution is 2.44. The van der Waals surface area contributed by atoms with E-state index in [-0.39, 0.29) is 46.3 Å². The summed E-state index contributed by atoms with van der Waals surface area (Å²) in [5.74, 6) is -3.31. The summed E-state index contributed by atoms with van der Waals surface area (Å²) in [5, 5.41) is 19.3. The first-order chi connectivity index (χ1) is 19.2. The van der Waals surface area contributed by atoms with Gasteiger partial charge in [0.2, 0.25) is 5.95 Å². The minimum Gasteiger partial charge on any atom is -0.414 e. The molecule has 15 heteroatoms. The number of aromatic amines is 1. The largest absolute Gasteiger partial charge is 0.414 e. The Morgan fingerprint density at radius 3 is 2.44 bits per heavy atom. The summed E-state index contributed by atoms with van der Waals surface area (Å²) >= 11 is 0. The number of rotatable bonds is 7. The molecule has 0 bridgehead atoms. The lowest BCUT2D eigenvalue weighted by atomic mass is 10.1. The number of benzene rings is 1. The number of nitrogens with one attached hydrogen (secondary N) is 1. The van der Waals surface area contributed by atoms with Crippen LogP contribution in [0.1, 0.15) is 47.9 Å². The summed E-state index contributed by atoms with van der Waals surface area (Å²) in [6, 6.07) is 6.40. The molecule has 0 spiro atoms. The molecule has 0 unspecified atom stereocenters. The molecule has 0 aliphatic carbocycles. The zero-order valence-corrected chi connectivity index (χ0v) is 25.1. The van der Waals surface area contributed by atoms with Crippen LogP contribution in [0, 0.1) is 0 Å². The number of hydrogen-bond acceptors (Lipinski definition) is 10. The molecule has 2 aromatic heterocycles. The molecule has 3 atom stereocenters. The second-order valence-electron chi connectivity index (χ2n) is 12.0. The van der Waals surface area contributed by atoms with Crippen LogP contribution < -0.4 is 5.56 Å². The summed E-state index contributed by atoms with van der Waals surface area (Å²) in [6.45, 7) is 10.4. The summed E-state index contributed by atoms with van der Waals surface area (Å²) in [4.78, 5) is 54.1. The molecule has 1 fully saturated rings. The second-order valence-corrected chi connectivity index (χ2v) is 16.8. The topological polar surface area (TPSA) is 168 Å². The van der Waals surface area contributed by atoms with E-state index in [1.165, 1.54) is 6.34 Å². The van der Waals surface area contributed by atoms with Gasteiger partial charge >= 0.3 is 0 Å². The van der Waals surface area contributed by atoms with Crippen molar-refractivity contribution in [2.24, 2.45) is 4.99 Å². The first-order valence-electron chi connectivity index (χ1n) is 13.2. The van der Waals surface area contributed by atoms with Crippen LogP contribution in [-0.2, 0) is 15.0 Å². The Hall–Kier alpha value is -3.79. The average Bonchev–Trinajstić information content (AvgIpc) is 3.54. The smallest absolute Gasteiger partial charge is 0.282 e. The van der Waals surface area contributed by atoms with Gasteiger partial charge in [0.05, 0.1) is 30.2 Å². The lowest BCUT2D eigenvalue weighted by Crippen LogP contribution is -2.54. The van der Waals surface area contributed by atoms with Crippen molar-refractivity contribution in [2.45, 2.75) is 63.4 Å². The molecule has 2 amide bonds. The number of carbonyl (C=O) groups excluding carboxylic acids is 2. The van der Waals surface area contributed by atoms with Crippen molar-refractivity contribution in [3.63, 3.8) is 0 Å². The monoisotopic (exact) mass is 582 g/mol. The van der Waals surface area contributed by atoms with E-state index in [0.717, 1.165) is 9.58 Å². The van der Waals surface area contributed by atoms with Crippen molar-refractivity contribution < 1.29 is 23.9 Å². The Morgan fingerprint density at radius 1 is 1.22 bits per heavy atom. The van der Waals surface area contributed by atoms with Crippen molar-refractivity contribution in [3.05, 3.63) is 45.7 Å². The van der Waals surface area contributed by atoms with Crippen LogP contribution in [0.3, 0.4) is 0 Å². The Kier molecular flexibility index (Phi) is 6.96. The summed E-state index contributed by atoms with van der Waals surface area (Å²) in [5.41, 5.74) is -0.482. The number of ether oxygens (including phenoxy) is 1. The highest BCUT2D eigenvalue weighted by molar-refractivity contribution is 6.74. The van der Waals surface area contributed by atoms with Gasteiger partial charge in [-0.2, -0.15) is 9.67 Å². The molecule has 2 aliphatic rings. The summed E-state index contributed by atoms with van der Waals surface area (Å²) < 4.78 is 13.9. The zero-order chi connectivity index (χ0) is 29.9. The van der Waals surface area contributed by atoms with E-state index < -0.39 is 43.7 Å². The lowest BCUT2D eigenvalue weighted by molar-refractivity contribution is -0.181. The van der Waals surface area contributed by atoms with Crippen LogP contribution in [-0.4, -0.2) is 99.2 Å². The molecular formula is C26H34N8O6Si. The zero-order valence-electron chi connectivity index (χ0n) is 24.1. The van der Waals surface area contributed by atoms with Crippen molar-refractivity contribution in [3.8, 4) is 0 Å². The fourth-order valence-corrected chi connectivity index (χ4v) is 5.60. The van der Waals surface area contributed by atoms with Crippen molar-refractivity contribution in [1.29, 1.82) is 0 Å². The van der Waals surface area contributed by atoms with Gasteiger partial charge in [0.15, 0.2) is 19.5 Å². The van der Waals surface area contributed by atoms with E-state index in [4.69, 9.17) is 9.16 Å². The normalized spacial score (nSPS) is 23.3. The molecular weight excluding hydrogens is 548 g/mol. The van der Waals surface area contributed by atoms with E-state index in [1.807, 2.05) is 0 Å². The van der Waals surface area contributed by atoms with E-state index in [0.29, 0.717) is 0 Å². The molecule has 4 heterocycles. The maximum Gasteiger partial charge on any atom is 0.282 e. The molecule has 1 saturated heterocycles. The fourth-order valence-electron chi connectivity index (χ4n) is 4.59. The maximum absolute atomic E-state index is 13.7. The number of aliphatic imine (C=N–C) groups is 1. The van der Waals surface area contributed by atoms with Crippen LogP contribution in [0.2, 0.25) is 18.1 Å². The molecule has 0 radical (unpaired) electrons. The van der Waals surface area contributed by atoms with Gasteiger partial charge in [0.25, 0.3) is 23.2 Å². The Balaban J connectivity index is 1.64. The standard InChI is InChI=1S/C26H34N8O6Si/c1-25(2,3)41(6,7)39-13-18-17(35)12-26(40-18,33-22(37)15-10-8-9-11-16(15)23(33)38)34-20-19(30-31-34)21(36)29-24(28-20)27-14-32(4)5/h8-11,14,17-18,35H,12-13H2,1-7H3,(H,28,29,36)/t17-,18+,26-/m0/s1. The average molecular weight is 583 g/mol. The number of carbonyl (C=O) groups is 2. The predicted octanol–water partition coefficient (Wildman–Crippen LogP) is 1.81. The summed E-state index contributed by atoms with van der Waals surface area (Å²) in [7, 11) is 1.25. The number of aromatic nitrogens is 5. The highest BCUT2D eigenvalue weighted by Gasteiger charge is 2.60. The Bertz CT molecular complexity index is 1570. The van der Waals surface area contributed by atoms with Gasteiger partial charge in [-0.15, -0.1) is 5.10 Å². The molecule has 2 N–H and O–H groups in total. The van der Waals surface area contributed by atoms with Gasteiger partial charge in [0, 0.05) is 20.5 Å². The van der Waals surface area contributed by atoms with Gasteiger partial charge in [-0.3, -0.25) is 19.4 Å².